The second kappa shape index (κ2) is 5.25. The van der Waals surface area contributed by atoms with Crippen LogP contribution in [0.2, 0.25) is 0 Å². The molecule has 18 heavy (non-hydrogen) atoms. The summed E-state index contributed by atoms with van der Waals surface area (Å²) in [7, 11) is -4.22. The van der Waals surface area contributed by atoms with Crippen LogP contribution in [0.1, 0.15) is 11.1 Å². The Balaban J connectivity index is 2.99. The van der Waals surface area contributed by atoms with Crippen LogP contribution in [0.25, 0.3) is 0 Å². The van der Waals surface area contributed by atoms with Crippen molar-refractivity contribution in [3.63, 3.8) is 0 Å². The van der Waals surface area contributed by atoms with Crippen molar-refractivity contribution >= 4 is 10.0 Å². The summed E-state index contributed by atoms with van der Waals surface area (Å²) in [6.07, 6.45) is -4.61. The lowest BCUT2D eigenvalue weighted by atomic mass is 10.1. The molecule has 102 valence electrons. The Morgan fingerprint density at radius 1 is 1.33 bits per heavy atom. The Morgan fingerprint density at radius 3 is 2.44 bits per heavy atom. The van der Waals surface area contributed by atoms with E-state index in [2.05, 4.69) is 0 Å². The zero-order valence-electron chi connectivity index (χ0n) is 9.45. The quantitative estimate of drug-likeness (QED) is 0.876. The predicted molar refractivity (Wildman–Crippen MR) is 58.3 cm³/mol. The largest absolute Gasteiger partial charge is 0.402 e. The van der Waals surface area contributed by atoms with E-state index in [1.807, 2.05) is 0 Å². The molecule has 0 heterocycles. The maximum Gasteiger partial charge on any atom is 0.402 e. The molecule has 0 fully saturated rings. The van der Waals surface area contributed by atoms with Gasteiger partial charge in [0, 0.05) is 0 Å². The van der Waals surface area contributed by atoms with Gasteiger partial charge < -0.3 is 5.11 Å². The Morgan fingerprint density at radius 2 is 1.94 bits per heavy atom. The molecule has 1 aromatic carbocycles. The number of nitrogens with one attached hydrogen (secondary N) is 1. The molecule has 0 aliphatic heterocycles. The van der Waals surface area contributed by atoms with E-state index in [0.717, 1.165) is 6.07 Å². The molecule has 0 bridgehead atoms. The Hall–Kier alpha value is -1.12. The standard InChI is InChI=1S/C10H12F3NO3S/c1-7-2-3-9(4-8(7)5-15)18(16,17)14-6-10(11,12)13/h2-4,14-15H,5-6H2,1H3. The molecule has 4 nitrogen and oxygen atoms in total. The molecule has 0 atom stereocenters. The summed E-state index contributed by atoms with van der Waals surface area (Å²) in [5.74, 6) is 0. The molecule has 0 saturated carbocycles. The molecule has 0 spiro atoms. The molecule has 0 aliphatic rings. The lowest BCUT2D eigenvalue weighted by Gasteiger charge is -2.11. The van der Waals surface area contributed by atoms with Crippen LogP contribution in [0.5, 0.6) is 0 Å². The number of hydrogen-bond acceptors (Lipinski definition) is 3. The highest BCUT2D eigenvalue weighted by Crippen LogP contribution is 2.18. The summed E-state index contributed by atoms with van der Waals surface area (Å²) in [5, 5.41) is 8.97. The fourth-order valence-electron chi connectivity index (χ4n) is 1.25. The SMILES string of the molecule is Cc1ccc(S(=O)(=O)NCC(F)(F)F)cc1CO. The van der Waals surface area contributed by atoms with Gasteiger partial charge in [-0.15, -0.1) is 0 Å². The number of hydrogen-bond donors (Lipinski definition) is 2. The lowest BCUT2D eigenvalue weighted by molar-refractivity contribution is -0.121. The van der Waals surface area contributed by atoms with Gasteiger partial charge in [0.05, 0.1) is 11.5 Å². The van der Waals surface area contributed by atoms with E-state index >= 15 is 0 Å². The smallest absolute Gasteiger partial charge is 0.392 e. The second-order valence-electron chi connectivity index (χ2n) is 3.69. The van der Waals surface area contributed by atoms with Crippen LogP contribution in [-0.2, 0) is 16.6 Å². The zero-order valence-corrected chi connectivity index (χ0v) is 10.3. The Kier molecular flexibility index (Phi) is 4.36. The molecule has 0 amide bonds. The molecular formula is C10H12F3NO3S. The topological polar surface area (TPSA) is 66.4 Å². The zero-order chi connectivity index (χ0) is 14.0. The van der Waals surface area contributed by atoms with Crippen LogP contribution in [0.4, 0.5) is 13.2 Å². The molecule has 0 radical (unpaired) electrons. The van der Waals surface area contributed by atoms with E-state index < -0.39 is 22.7 Å². The summed E-state index contributed by atoms with van der Waals surface area (Å²) in [6.45, 7) is -0.350. The Labute approximate surface area is 102 Å². The third-order valence-corrected chi connectivity index (χ3v) is 3.66. The summed E-state index contributed by atoms with van der Waals surface area (Å²) in [6, 6.07) is 3.76. The van der Waals surface area contributed by atoms with Crippen molar-refractivity contribution in [1.82, 2.24) is 4.72 Å². The molecule has 0 saturated heterocycles. The highest BCUT2D eigenvalue weighted by molar-refractivity contribution is 7.89. The number of aliphatic hydroxyl groups excluding tert-OH is 1. The predicted octanol–water partition coefficient (Wildman–Crippen LogP) is 1.33. The van der Waals surface area contributed by atoms with Crippen molar-refractivity contribution in [1.29, 1.82) is 0 Å². The maximum absolute atomic E-state index is 11.9. The van der Waals surface area contributed by atoms with E-state index in [1.54, 1.807) is 6.92 Å². The minimum absolute atomic E-state index is 0.304. The van der Waals surface area contributed by atoms with Gasteiger partial charge in [0.25, 0.3) is 0 Å². The van der Waals surface area contributed by atoms with Crippen molar-refractivity contribution in [3.8, 4) is 0 Å². The van der Waals surface area contributed by atoms with Crippen molar-refractivity contribution in [2.75, 3.05) is 6.54 Å². The van der Waals surface area contributed by atoms with Crippen molar-refractivity contribution in [2.24, 2.45) is 0 Å². The van der Waals surface area contributed by atoms with Crippen LogP contribution in [0.15, 0.2) is 23.1 Å². The number of rotatable bonds is 4. The van der Waals surface area contributed by atoms with Gasteiger partial charge in [0.2, 0.25) is 10.0 Å². The number of benzene rings is 1. The normalized spacial score (nSPS) is 12.7. The van der Waals surface area contributed by atoms with Crippen molar-refractivity contribution in [2.45, 2.75) is 24.6 Å². The first kappa shape index (κ1) is 14.9. The van der Waals surface area contributed by atoms with Crippen LogP contribution < -0.4 is 4.72 Å². The van der Waals surface area contributed by atoms with Gasteiger partial charge in [-0.05, 0) is 30.2 Å². The van der Waals surface area contributed by atoms with Crippen molar-refractivity contribution < 1.29 is 26.7 Å². The summed E-state index contributed by atoms with van der Waals surface area (Å²) >= 11 is 0. The minimum atomic E-state index is -4.61. The second-order valence-corrected chi connectivity index (χ2v) is 5.45. The monoisotopic (exact) mass is 283 g/mol. The molecular weight excluding hydrogens is 271 g/mol. The molecule has 0 aliphatic carbocycles. The number of alkyl halides is 3. The van der Waals surface area contributed by atoms with E-state index in [0.29, 0.717) is 11.1 Å². The van der Waals surface area contributed by atoms with E-state index in [4.69, 9.17) is 5.11 Å². The van der Waals surface area contributed by atoms with E-state index in [9.17, 15) is 21.6 Å². The molecule has 0 aromatic heterocycles. The summed E-state index contributed by atoms with van der Waals surface area (Å²) in [4.78, 5) is -0.304. The third-order valence-electron chi connectivity index (χ3n) is 2.26. The van der Waals surface area contributed by atoms with Crippen LogP contribution in [0, 0.1) is 6.92 Å². The molecule has 2 N–H and O–H groups in total. The van der Waals surface area contributed by atoms with Gasteiger partial charge in [-0.25, -0.2) is 13.1 Å². The number of sulfonamides is 1. The number of aryl methyl sites for hydroxylation is 1. The van der Waals surface area contributed by atoms with Gasteiger partial charge >= 0.3 is 6.18 Å². The molecule has 1 aromatic rings. The third kappa shape index (κ3) is 3.97. The molecule has 1 rings (SSSR count). The van der Waals surface area contributed by atoms with Gasteiger partial charge in [-0.1, -0.05) is 6.07 Å². The first-order valence-electron chi connectivity index (χ1n) is 4.92. The summed E-state index contributed by atoms with van der Waals surface area (Å²) < 4.78 is 60.4. The first-order chi connectivity index (χ1) is 8.15. The summed E-state index contributed by atoms with van der Waals surface area (Å²) in [5.41, 5.74) is 1.01. The van der Waals surface area contributed by atoms with Crippen LogP contribution in [0.3, 0.4) is 0 Å². The van der Waals surface area contributed by atoms with Crippen molar-refractivity contribution in [3.05, 3.63) is 29.3 Å². The highest BCUT2D eigenvalue weighted by Gasteiger charge is 2.30. The van der Waals surface area contributed by atoms with Crippen LogP contribution >= 0.6 is 0 Å². The average Bonchev–Trinajstić information content (AvgIpc) is 2.26. The maximum atomic E-state index is 11.9. The number of halogens is 3. The van der Waals surface area contributed by atoms with Crippen LogP contribution in [-0.4, -0.2) is 26.2 Å². The van der Waals surface area contributed by atoms with Gasteiger partial charge in [0.15, 0.2) is 0 Å². The molecule has 8 heteroatoms. The van der Waals surface area contributed by atoms with Gasteiger partial charge in [-0.2, -0.15) is 13.2 Å². The minimum Gasteiger partial charge on any atom is -0.392 e. The fraction of sp³-hybridized carbons (Fsp3) is 0.400. The fourth-order valence-corrected chi connectivity index (χ4v) is 2.31. The first-order valence-corrected chi connectivity index (χ1v) is 6.41. The van der Waals surface area contributed by atoms with E-state index in [1.165, 1.54) is 16.9 Å². The van der Waals surface area contributed by atoms with Gasteiger partial charge in [-0.3, -0.25) is 0 Å². The lowest BCUT2D eigenvalue weighted by Crippen LogP contribution is -2.33. The number of aliphatic hydroxyl groups is 1. The van der Waals surface area contributed by atoms with Gasteiger partial charge in [0.1, 0.15) is 6.54 Å². The Bertz CT molecular complexity index is 526. The molecule has 0 unspecified atom stereocenters. The van der Waals surface area contributed by atoms with E-state index in [-0.39, 0.29) is 11.5 Å². The highest BCUT2D eigenvalue weighted by atomic mass is 32.2. The average molecular weight is 283 g/mol.